The summed E-state index contributed by atoms with van der Waals surface area (Å²) in [6, 6.07) is 34.1. The van der Waals surface area contributed by atoms with Crippen LogP contribution in [0.25, 0.3) is 11.0 Å². The van der Waals surface area contributed by atoms with Crippen LogP contribution in [-0.2, 0) is 17.9 Å². The molecule has 0 saturated heterocycles. The summed E-state index contributed by atoms with van der Waals surface area (Å²) in [5.74, 6) is 0.795. The summed E-state index contributed by atoms with van der Waals surface area (Å²) in [5, 5.41) is 4.92. The van der Waals surface area contributed by atoms with Crippen LogP contribution >= 0.6 is 11.8 Å². The van der Waals surface area contributed by atoms with Crippen LogP contribution in [0.5, 0.6) is 5.75 Å². The van der Waals surface area contributed by atoms with Gasteiger partial charge in [-0.1, -0.05) is 84.1 Å². The first-order valence-corrected chi connectivity index (χ1v) is 13.3. The number of hydrogen-bond donors (Lipinski definition) is 1. The minimum Gasteiger partial charge on any atom is -0.489 e. The van der Waals surface area contributed by atoms with Crippen molar-refractivity contribution in [3.63, 3.8) is 0 Å². The van der Waals surface area contributed by atoms with Gasteiger partial charge in [0.25, 0.3) is 5.91 Å². The van der Waals surface area contributed by atoms with Crippen molar-refractivity contribution < 1.29 is 9.53 Å². The van der Waals surface area contributed by atoms with Crippen molar-refractivity contribution in [1.82, 2.24) is 15.0 Å². The molecule has 1 amide bonds. The van der Waals surface area contributed by atoms with Crippen LogP contribution in [0.1, 0.15) is 22.3 Å². The van der Waals surface area contributed by atoms with Crippen molar-refractivity contribution in [1.29, 1.82) is 0 Å². The van der Waals surface area contributed by atoms with E-state index in [-0.39, 0.29) is 11.7 Å². The highest BCUT2D eigenvalue weighted by molar-refractivity contribution is 7.99. The maximum atomic E-state index is 12.5. The predicted octanol–water partition coefficient (Wildman–Crippen LogP) is 6.21. The lowest BCUT2D eigenvalue weighted by molar-refractivity contribution is -0.118. The second-order valence-electron chi connectivity index (χ2n) is 8.88. The number of nitrogens with one attached hydrogen (secondary N) is 1. The number of benzene rings is 4. The highest BCUT2D eigenvalue weighted by Gasteiger charge is 2.13. The lowest BCUT2D eigenvalue weighted by atomic mass is 10.1. The van der Waals surface area contributed by atoms with Crippen molar-refractivity contribution >= 4 is 34.9 Å². The molecule has 0 spiro atoms. The molecule has 190 valence electrons. The van der Waals surface area contributed by atoms with Gasteiger partial charge in [-0.05, 0) is 60.0 Å². The number of nitrogens with zero attached hydrogens (tertiary/aromatic N) is 3. The fraction of sp³-hybridized carbons (Fsp3) is 0.129. The second kappa shape index (κ2) is 12.3. The molecule has 0 unspecified atom stereocenters. The molecule has 0 saturated carbocycles. The Morgan fingerprint density at radius 1 is 0.921 bits per heavy atom. The van der Waals surface area contributed by atoms with Crippen molar-refractivity contribution in [2.24, 2.45) is 5.10 Å². The van der Waals surface area contributed by atoms with Gasteiger partial charge in [0.05, 0.1) is 29.5 Å². The third-order valence-electron chi connectivity index (χ3n) is 5.94. The van der Waals surface area contributed by atoms with Gasteiger partial charge in [-0.15, -0.1) is 0 Å². The molecule has 7 heteroatoms. The van der Waals surface area contributed by atoms with Gasteiger partial charge in [0.2, 0.25) is 0 Å². The van der Waals surface area contributed by atoms with E-state index in [2.05, 4.69) is 52.3 Å². The maximum Gasteiger partial charge on any atom is 0.250 e. The van der Waals surface area contributed by atoms with Gasteiger partial charge in [0.15, 0.2) is 5.16 Å². The third kappa shape index (κ3) is 6.69. The van der Waals surface area contributed by atoms with E-state index in [9.17, 15) is 4.79 Å². The maximum absolute atomic E-state index is 12.5. The second-order valence-corrected chi connectivity index (χ2v) is 9.82. The fourth-order valence-corrected chi connectivity index (χ4v) is 4.73. The number of thioether (sulfide) groups is 1. The van der Waals surface area contributed by atoms with E-state index in [0.29, 0.717) is 13.2 Å². The first kappa shape index (κ1) is 25.3. The monoisotopic (exact) mass is 520 g/mol. The predicted molar refractivity (Wildman–Crippen MR) is 154 cm³/mol. The van der Waals surface area contributed by atoms with Crippen molar-refractivity contribution in [3.8, 4) is 5.75 Å². The number of para-hydroxylation sites is 2. The summed E-state index contributed by atoms with van der Waals surface area (Å²) in [7, 11) is 0. The number of hydrogen-bond acceptors (Lipinski definition) is 5. The molecule has 0 radical (unpaired) electrons. The molecule has 0 aliphatic rings. The zero-order valence-electron chi connectivity index (χ0n) is 21.1. The molecular formula is C31H28N4O2S. The molecule has 4 aromatic carbocycles. The number of carbonyl (C=O) groups is 1. The van der Waals surface area contributed by atoms with Gasteiger partial charge in [-0.25, -0.2) is 10.4 Å². The Hall–Kier alpha value is -4.36. The molecule has 38 heavy (non-hydrogen) atoms. The molecule has 0 aliphatic heterocycles. The molecular weight excluding hydrogens is 492 g/mol. The summed E-state index contributed by atoms with van der Waals surface area (Å²) in [6.07, 6.45) is 1.62. The van der Waals surface area contributed by atoms with Crippen LogP contribution in [0.2, 0.25) is 0 Å². The topological polar surface area (TPSA) is 68.5 Å². The van der Waals surface area contributed by atoms with Gasteiger partial charge in [0.1, 0.15) is 12.4 Å². The van der Waals surface area contributed by atoms with E-state index in [0.717, 1.165) is 33.1 Å². The minimum absolute atomic E-state index is 0.192. The Morgan fingerprint density at radius 3 is 2.45 bits per heavy atom. The van der Waals surface area contributed by atoms with E-state index >= 15 is 0 Å². The van der Waals surface area contributed by atoms with Gasteiger partial charge >= 0.3 is 0 Å². The van der Waals surface area contributed by atoms with E-state index in [1.807, 2.05) is 72.8 Å². The van der Waals surface area contributed by atoms with Crippen LogP contribution in [0.15, 0.2) is 113 Å². The molecule has 0 bridgehead atoms. The van der Waals surface area contributed by atoms with Crippen molar-refractivity contribution in [2.45, 2.75) is 25.2 Å². The Balaban J connectivity index is 1.15. The largest absolute Gasteiger partial charge is 0.489 e. The highest BCUT2D eigenvalue weighted by atomic mass is 32.2. The lowest BCUT2D eigenvalue weighted by Gasteiger charge is -2.09. The number of ether oxygens (including phenoxy) is 1. The number of rotatable bonds is 10. The first-order valence-electron chi connectivity index (χ1n) is 12.4. The standard InChI is InChI=1S/C31H28N4O2S/c1-23-11-13-25(14-12-23)20-35-29-10-6-5-9-28(29)33-31(35)38-22-30(36)34-32-19-24-15-17-27(18-16-24)37-21-26-7-3-2-4-8-26/h2-19H,20-22H2,1H3,(H,34,36)/b32-19+. The van der Waals surface area contributed by atoms with Gasteiger partial charge < -0.3 is 9.30 Å². The Labute approximate surface area is 226 Å². The molecule has 1 heterocycles. The van der Waals surface area contributed by atoms with Crippen LogP contribution in [0, 0.1) is 6.92 Å². The molecule has 1 N–H and O–H groups in total. The summed E-state index contributed by atoms with van der Waals surface area (Å²) in [5.41, 5.74) is 8.97. The summed E-state index contributed by atoms with van der Waals surface area (Å²) < 4.78 is 7.97. The van der Waals surface area contributed by atoms with Crippen molar-refractivity contribution in [3.05, 3.63) is 125 Å². The Kier molecular flexibility index (Phi) is 8.16. The fourth-order valence-electron chi connectivity index (χ4n) is 3.92. The number of aromatic nitrogens is 2. The quantitative estimate of drug-likeness (QED) is 0.135. The highest BCUT2D eigenvalue weighted by Crippen LogP contribution is 2.25. The van der Waals surface area contributed by atoms with Crippen LogP contribution in [0.4, 0.5) is 0 Å². The number of hydrazone groups is 1. The lowest BCUT2D eigenvalue weighted by Crippen LogP contribution is -2.20. The van der Waals surface area contributed by atoms with Crippen LogP contribution < -0.4 is 10.2 Å². The minimum atomic E-state index is -0.192. The molecule has 5 rings (SSSR count). The number of imidazole rings is 1. The molecule has 5 aromatic rings. The molecule has 0 atom stereocenters. The average Bonchev–Trinajstić information content (AvgIpc) is 3.30. The Bertz CT molecular complexity index is 1530. The normalized spacial score (nSPS) is 11.2. The number of amides is 1. The van der Waals surface area contributed by atoms with E-state index in [1.54, 1.807) is 6.21 Å². The van der Waals surface area contributed by atoms with Crippen LogP contribution in [-0.4, -0.2) is 27.4 Å². The van der Waals surface area contributed by atoms with E-state index in [1.165, 1.54) is 22.9 Å². The average molecular weight is 521 g/mol. The number of aryl methyl sites for hydroxylation is 1. The van der Waals surface area contributed by atoms with E-state index < -0.39 is 0 Å². The van der Waals surface area contributed by atoms with E-state index in [4.69, 9.17) is 9.72 Å². The van der Waals surface area contributed by atoms with Gasteiger partial charge in [0, 0.05) is 0 Å². The molecule has 6 nitrogen and oxygen atoms in total. The van der Waals surface area contributed by atoms with Crippen molar-refractivity contribution in [2.75, 3.05) is 5.75 Å². The summed E-state index contributed by atoms with van der Waals surface area (Å²) >= 11 is 1.40. The molecule has 0 fully saturated rings. The summed E-state index contributed by atoms with van der Waals surface area (Å²) in [4.78, 5) is 17.3. The van der Waals surface area contributed by atoms with Crippen LogP contribution in [0.3, 0.4) is 0 Å². The molecule has 1 aromatic heterocycles. The zero-order valence-corrected chi connectivity index (χ0v) is 21.9. The van der Waals surface area contributed by atoms with Gasteiger partial charge in [-0.2, -0.15) is 5.10 Å². The SMILES string of the molecule is Cc1ccc(Cn2c(SCC(=O)N/N=C/c3ccc(OCc4ccccc4)cc3)nc3ccccc32)cc1. The van der Waals surface area contributed by atoms with Gasteiger partial charge in [-0.3, -0.25) is 4.79 Å². The third-order valence-corrected chi connectivity index (χ3v) is 6.92. The zero-order chi connectivity index (χ0) is 26.2. The smallest absolute Gasteiger partial charge is 0.250 e. The summed E-state index contributed by atoms with van der Waals surface area (Å²) in [6.45, 7) is 3.28. The Morgan fingerprint density at radius 2 is 1.66 bits per heavy atom. The number of carbonyl (C=O) groups excluding carboxylic acids is 1. The number of fused-ring (bicyclic) bond motifs is 1. The first-order chi connectivity index (χ1) is 18.6. The molecule has 0 aliphatic carbocycles.